The van der Waals surface area contributed by atoms with E-state index < -0.39 is 20.2 Å². The van der Waals surface area contributed by atoms with Crippen molar-refractivity contribution in [1.29, 1.82) is 0 Å². The van der Waals surface area contributed by atoms with E-state index in [0.717, 1.165) is 18.2 Å². The van der Waals surface area contributed by atoms with Gasteiger partial charge < -0.3 is 4.90 Å². The molecule has 0 unspecified atom stereocenters. The second kappa shape index (κ2) is 20.3. The van der Waals surface area contributed by atoms with Crippen molar-refractivity contribution >= 4 is 25.9 Å². The predicted octanol–water partition coefficient (Wildman–Crippen LogP) is 0.330. The number of rotatable bonds is 9. The van der Waals surface area contributed by atoms with Crippen LogP contribution < -0.4 is 4.90 Å². The smallest absolute Gasteiger partial charge is 0 e. The zero-order valence-corrected chi connectivity index (χ0v) is 18.0. The topological polar surface area (TPSA) is 150 Å². The summed E-state index contributed by atoms with van der Waals surface area (Å²) in [5.74, 6) is 0. The molecule has 0 bridgehead atoms. The Morgan fingerprint density at radius 1 is 0.786 bits per heavy atom. The van der Waals surface area contributed by atoms with Gasteiger partial charge in [-0.3, -0.25) is 8.37 Å². The summed E-state index contributed by atoms with van der Waals surface area (Å²) in [6.07, 6.45) is 1.96. The van der Waals surface area contributed by atoms with Crippen LogP contribution in [0.2, 0.25) is 0 Å². The van der Waals surface area contributed by atoms with E-state index in [4.69, 9.17) is 22.3 Å². The van der Waals surface area contributed by atoms with Crippen molar-refractivity contribution in [3.63, 3.8) is 0 Å². The Kier molecular flexibility index (Phi) is 24.8. The van der Waals surface area contributed by atoms with Crippen molar-refractivity contribution in [2.45, 2.75) is 0 Å². The number of para-hydroxylation sites is 1. The predicted molar refractivity (Wildman–Crippen MR) is 92.0 cm³/mol. The van der Waals surface area contributed by atoms with E-state index in [0.29, 0.717) is 13.1 Å². The molecule has 0 atom stereocenters. The van der Waals surface area contributed by atoms with Gasteiger partial charge in [-0.15, -0.1) is 0 Å². The minimum absolute atomic E-state index is 0. The number of benzene rings is 1. The Bertz CT molecular complexity index is 707. The molecule has 1 aromatic rings. The van der Waals surface area contributed by atoms with Gasteiger partial charge in [-0.2, -0.15) is 16.8 Å². The van der Waals surface area contributed by atoms with E-state index in [1.165, 1.54) is 0 Å². The molecule has 0 aliphatic carbocycles. The van der Waals surface area contributed by atoms with Crippen LogP contribution in [0.4, 0.5) is 5.69 Å². The minimum atomic E-state index is -3.50. The van der Waals surface area contributed by atoms with E-state index in [-0.39, 0.29) is 30.6 Å². The largest absolute Gasteiger partial charge is 0 e. The first kappa shape index (κ1) is 34.1. The third-order valence-electron chi connectivity index (χ3n) is 2.44. The van der Waals surface area contributed by atoms with Gasteiger partial charge in [0.2, 0.25) is 0 Å². The third kappa shape index (κ3) is 22.6. The van der Waals surface area contributed by atoms with Gasteiger partial charge in [-0.05, 0) is 12.1 Å². The number of hydrogen-bond acceptors (Lipinski definition) is 7. The van der Waals surface area contributed by atoms with Crippen molar-refractivity contribution in [3.05, 3.63) is 50.3 Å². The molecule has 0 amide bonds. The van der Waals surface area contributed by atoms with Crippen molar-refractivity contribution in [2.75, 3.05) is 43.7 Å². The molecule has 0 saturated heterocycles. The molecule has 0 aromatic heterocycles. The summed E-state index contributed by atoms with van der Waals surface area (Å²) < 4.78 is 75.7. The first-order valence-corrected chi connectivity index (χ1v) is 10.4. The summed E-state index contributed by atoms with van der Waals surface area (Å²) in [6, 6.07) is 9.18. The summed E-state index contributed by atoms with van der Waals surface area (Å²) >= 11 is 0. The fourth-order valence-corrected chi connectivity index (χ4v) is 2.36. The number of anilines is 1. The summed E-state index contributed by atoms with van der Waals surface area (Å²) in [5, 5.41) is 0. The van der Waals surface area contributed by atoms with Crippen LogP contribution in [0.5, 0.6) is 0 Å². The summed E-state index contributed by atoms with van der Waals surface area (Å²) in [7, 11) is -7.00. The Balaban J connectivity index is -0.000000374. The molecule has 0 fully saturated rings. The van der Waals surface area contributed by atoms with Gasteiger partial charge in [0, 0.05) is 36.1 Å². The molecule has 0 spiro atoms. The van der Waals surface area contributed by atoms with Crippen LogP contribution >= 0.6 is 0 Å². The quantitative estimate of drug-likeness (QED) is 0.285. The molecule has 0 N–H and O–H groups in total. The monoisotopic (exact) mass is 473 g/mol. The fourth-order valence-electron chi connectivity index (χ4n) is 1.61. The summed E-state index contributed by atoms with van der Waals surface area (Å²) in [5.41, 5.74) is 0.826. The zero-order chi connectivity index (χ0) is 21.9. The molecule has 0 radical (unpaired) electrons. The van der Waals surface area contributed by atoms with Gasteiger partial charge in [0.25, 0.3) is 20.2 Å². The van der Waals surface area contributed by atoms with Crippen molar-refractivity contribution in [1.82, 2.24) is 0 Å². The van der Waals surface area contributed by atoms with Crippen molar-refractivity contribution in [2.24, 2.45) is 0 Å². The Labute approximate surface area is 176 Å². The summed E-state index contributed by atoms with van der Waals surface area (Å²) in [4.78, 5) is 1.79. The van der Waals surface area contributed by atoms with Crippen LogP contribution in [0.3, 0.4) is 0 Å². The molecule has 0 aliphatic rings. The molecule has 156 valence electrons. The van der Waals surface area contributed by atoms with Gasteiger partial charge in [-0.25, -0.2) is 0 Å². The van der Waals surface area contributed by atoms with Crippen LogP contribution in [0.1, 0.15) is 0 Å². The maximum Gasteiger partial charge on any atom is 0 e. The number of nitrogens with zero attached hydrogens (tertiary/aromatic N) is 1. The van der Waals surface area contributed by atoms with E-state index in [2.05, 4.69) is 20.0 Å². The van der Waals surface area contributed by atoms with Crippen molar-refractivity contribution in [3.8, 4) is 0 Å². The molecule has 0 heterocycles. The molecule has 0 saturated carbocycles. The molecule has 28 heavy (non-hydrogen) atoms. The third-order valence-corrected chi connectivity index (χ3v) is 3.63. The van der Waals surface area contributed by atoms with Crippen LogP contribution in [0, 0.1) is 20.0 Å². The maximum absolute atomic E-state index is 11.0. The molecule has 13 heteroatoms. The average molecular weight is 473 g/mol. The molecule has 10 nitrogen and oxygen atoms in total. The maximum atomic E-state index is 11.0. The molecule has 1 rings (SSSR count). The molecule has 0 aliphatic heterocycles. The first-order valence-electron chi connectivity index (χ1n) is 6.77. The Hall–Kier alpha value is -1.41. The van der Waals surface area contributed by atoms with E-state index in [9.17, 15) is 16.8 Å². The SMILES string of the molecule is CS(=O)(=O)OCCN(CCOS(C)(=O)=O)c1ccccc1.[C-]#[O+].[C-]#[O+].[C-]#[O+].[Cr]. The van der Waals surface area contributed by atoms with Gasteiger partial charge in [0.15, 0.2) is 0 Å². The molecular weight excluding hydrogens is 454 g/mol. The Morgan fingerprint density at radius 3 is 1.39 bits per heavy atom. The summed E-state index contributed by atoms with van der Waals surface area (Å²) in [6.45, 7) is 14.0. The van der Waals surface area contributed by atoms with Gasteiger partial charge in [-0.1, -0.05) is 18.2 Å². The Morgan fingerprint density at radius 2 is 1.11 bits per heavy atom. The normalized spacial score (nSPS) is 9.43. The number of hydrogen-bond donors (Lipinski definition) is 0. The van der Waals surface area contributed by atoms with Gasteiger partial charge in [0.1, 0.15) is 0 Å². The van der Waals surface area contributed by atoms with Crippen LogP contribution in [-0.4, -0.2) is 55.7 Å². The standard InChI is InChI=1S/C12H19NO6S2.3CO.Cr/c1-20(14,15)18-10-8-13(9-11-19-21(2,16)17)12-6-4-3-5-7-12;3*1-2;/h3-7H,8-11H2,1-2H3;;;;. The second-order valence-electron chi connectivity index (χ2n) is 4.37. The molecular formula is C15H19CrNO9S2. The zero-order valence-electron chi connectivity index (χ0n) is 15.1. The van der Waals surface area contributed by atoms with Gasteiger partial charge in [0.05, 0.1) is 25.7 Å². The van der Waals surface area contributed by atoms with E-state index >= 15 is 0 Å². The first-order chi connectivity index (χ1) is 12.7. The average Bonchev–Trinajstić information content (AvgIpc) is 2.64. The van der Waals surface area contributed by atoms with Crippen molar-refractivity contribution < 1.29 is 56.5 Å². The minimum Gasteiger partial charge on any atom is 0 e. The fraction of sp³-hybridized carbons (Fsp3) is 0.400. The molecule has 1 aromatic carbocycles. The second-order valence-corrected chi connectivity index (χ2v) is 7.66. The van der Waals surface area contributed by atoms with Crippen LogP contribution in [-0.2, 0) is 59.9 Å². The van der Waals surface area contributed by atoms with E-state index in [1.54, 1.807) is 4.90 Å². The van der Waals surface area contributed by atoms with Gasteiger partial charge >= 0.3 is 33.9 Å². The van der Waals surface area contributed by atoms with Crippen LogP contribution in [0.15, 0.2) is 30.3 Å². The van der Waals surface area contributed by atoms with Crippen LogP contribution in [0.25, 0.3) is 0 Å². The van der Waals surface area contributed by atoms with E-state index in [1.807, 2.05) is 30.3 Å².